The van der Waals surface area contributed by atoms with Crippen LogP contribution in [0.4, 0.5) is 0 Å². The first-order valence-corrected chi connectivity index (χ1v) is 4.04. The van der Waals surface area contributed by atoms with Crippen LogP contribution in [0.15, 0.2) is 18.1 Å². The van der Waals surface area contributed by atoms with Crippen LogP contribution in [0.3, 0.4) is 0 Å². The molecule has 0 amide bonds. The quantitative estimate of drug-likeness (QED) is 0.568. The molecular formula is C9H9N3O2. The van der Waals surface area contributed by atoms with Crippen LogP contribution < -0.4 is 0 Å². The molecule has 0 aliphatic rings. The Labute approximate surface area is 80.9 Å². The number of nitriles is 1. The predicted octanol–water partition coefficient (Wildman–Crippen LogP) is 0.895. The first kappa shape index (κ1) is 9.99. The second kappa shape index (κ2) is 4.23. The Morgan fingerprint density at radius 2 is 2.57 bits per heavy atom. The molecule has 0 spiro atoms. The highest BCUT2D eigenvalue weighted by atomic mass is 16.4. The number of hydrogen-bond donors (Lipinski definition) is 1. The summed E-state index contributed by atoms with van der Waals surface area (Å²) in [6.45, 7) is 2.59. The molecular weight excluding hydrogens is 182 g/mol. The third kappa shape index (κ3) is 1.98. The molecule has 72 valence electrons. The van der Waals surface area contributed by atoms with E-state index in [9.17, 15) is 4.79 Å². The first-order valence-electron chi connectivity index (χ1n) is 4.04. The van der Waals surface area contributed by atoms with E-state index in [1.54, 1.807) is 17.0 Å². The number of aliphatic carboxylic acids is 1. The summed E-state index contributed by atoms with van der Waals surface area (Å²) in [6, 6.07) is 1.61. The fourth-order valence-corrected chi connectivity index (χ4v) is 1.01. The van der Waals surface area contributed by atoms with Crippen LogP contribution in [0.5, 0.6) is 0 Å². The van der Waals surface area contributed by atoms with Gasteiger partial charge >= 0.3 is 5.97 Å². The summed E-state index contributed by atoms with van der Waals surface area (Å²) in [5.41, 5.74) is 0.326. The maximum absolute atomic E-state index is 10.5. The molecule has 0 atom stereocenters. The molecule has 0 fully saturated rings. The predicted molar refractivity (Wildman–Crippen MR) is 49.1 cm³/mol. The lowest BCUT2D eigenvalue weighted by atomic mass is 10.2. The molecule has 1 N–H and O–H groups in total. The van der Waals surface area contributed by atoms with Gasteiger partial charge in [0.05, 0.1) is 18.2 Å². The van der Waals surface area contributed by atoms with Crippen molar-refractivity contribution in [2.45, 2.75) is 13.5 Å². The number of carbonyl (C=O) groups is 1. The highest BCUT2D eigenvalue weighted by Gasteiger charge is 2.07. The molecule has 0 aromatic carbocycles. The molecule has 1 heterocycles. The lowest BCUT2D eigenvalue weighted by Gasteiger charge is -1.98. The zero-order valence-electron chi connectivity index (χ0n) is 7.64. The van der Waals surface area contributed by atoms with Gasteiger partial charge < -0.3 is 9.67 Å². The average molecular weight is 191 g/mol. The summed E-state index contributed by atoms with van der Waals surface area (Å²) in [4.78, 5) is 14.4. The molecule has 5 nitrogen and oxygen atoms in total. The van der Waals surface area contributed by atoms with Gasteiger partial charge in [-0.2, -0.15) is 5.26 Å². The lowest BCUT2D eigenvalue weighted by molar-refractivity contribution is -0.132. The number of carboxylic acid groups (broad SMARTS) is 1. The number of carboxylic acids is 1. The summed E-state index contributed by atoms with van der Waals surface area (Å²) in [5.74, 6) is -1.23. The average Bonchev–Trinajstić information content (AvgIpc) is 2.60. The molecule has 0 saturated carbocycles. The van der Waals surface area contributed by atoms with Gasteiger partial charge in [0.2, 0.25) is 0 Å². The second-order valence-corrected chi connectivity index (χ2v) is 2.58. The number of nitrogens with zero attached hydrogens (tertiary/aromatic N) is 3. The number of aryl methyl sites for hydroxylation is 1. The third-order valence-corrected chi connectivity index (χ3v) is 1.73. The van der Waals surface area contributed by atoms with E-state index < -0.39 is 5.97 Å². The summed E-state index contributed by atoms with van der Waals surface area (Å²) < 4.78 is 1.75. The molecule has 14 heavy (non-hydrogen) atoms. The van der Waals surface area contributed by atoms with Gasteiger partial charge in [-0.15, -0.1) is 0 Å². The summed E-state index contributed by atoms with van der Waals surface area (Å²) in [5, 5.41) is 17.1. The van der Waals surface area contributed by atoms with Crippen LogP contribution in [-0.2, 0) is 11.3 Å². The Morgan fingerprint density at radius 1 is 1.86 bits per heavy atom. The van der Waals surface area contributed by atoms with E-state index in [4.69, 9.17) is 10.4 Å². The van der Waals surface area contributed by atoms with Crippen LogP contribution in [-0.4, -0.2) is 20.6 Å². The van der Waals surface area contributed by atoms with Crippen LogP contribution >= 0.6 is 0 Å². The van der Waals surface area contributed by atoms with Crippen LogP contribution in [0.25, 0.3) is 6.08 Å². The monoisotopic (exact) mass is 191 g/mol. The van der Waals surface area contributed by atoms with Crippen molar-refractivity contribution < 1.29 is 9.90 Å². The molecule has 0 saturated heterocycles. The Morgan fingerprint density at radius 3 is 3.07 bits per heavy atom. The topological polar surface area (TPSA) is 78.9 Å². The fourth-order valence-electron chi connectivity index (χ4n) is 1.01. The third-order valence-electron chi connectivity index (χ3n) is 1.73. The highest BCUT2D eigenvalue weighted by molar-refractivity contribution is 5.96. The van der Waals surface area contributed by atoms with E-state index in [1.165, 1.54) is 12.3 Å². The molecule has 0 aliphatic carbocycles. The van der Waals surface area contributed by atoms with Crippen molar-refractivity contribution in [2.24, 2.45) is 0 Å². The SMILES string of the molecule is CCn1cncc1C=C(C#N)C(=O)O. The van der Waals surface area contributed by atoms with Gasteiger partial charge in [-0.25, -0.2) is 9.78 Å². The van der Waals surface area contributed by atoms with Gasteiger partial charge in [0.25, 0.3) is 0 Å². The lowest BCUT2D eigenvalue weighted by Crippen LogP contribution is -2.00. The van der Waals surface area contributed by atoms with Crippen LogP contribution in [0.2, 0.25) is 0 Å². The minimum Gasteiger partial charge on any atom is -0.477 e. The van der Waals surface area contributed by atoms with Crippen molar-refractivity contribution >= 4 is 12.0 Å². The zero-order valence-corrected chi connectivity index (χ0v) is 7.64. The molecule has 1 aromatic heterocycles. The number of hydrogen-bond acceptors (Lipinski definition) is 3. The molecule has 5 heteroatoms. The Balaban J connectivity index is 3.07. The van der Waals surface area contributed by atoms with E-state index in [2.05, 4.69) is 4.98 Å². The maximum Gasteiger partial charge on any atom is 0.346 e. The Bertz CT molecular complexity index is 412. The smallest absolute Gasteiger partial charge is 0.346 e. The van der Waals surface area contributed by atoms with E-state index in [1.807, 2.05) is 6.92 Å². The standard InChI is InChI=1S/C9H9N3O2/c1-2-12-6-11-5-8(12)3-7(4-10)9(13)14/h3,5-6H,2H2,1H3,(H,13,14). The summed E-state index contributed by atoms with van der Waals surface area (Å²) in [6.07, 6.45) is 4.41. The van der Waals surface area contributed by atoms with Crippen LogP contribution in [0.1, 0.15) is 12.6 Å². The molecule has 1 aromatic rings. The molecule has 0 unspecified atom stereocenters. The van der Waals surface area contributed by atoms with Crippen molar-refractivity contribution in [1.29, 1.82) is 5.26 Å². The van der Waals surface area contributed by atoms with Crippen molar-refractivity contribution in [3.63, 3.8) is 0 Å². The van der Waals surface area contributed by atoms with Gasteiger partial charge in [0, 0.05) is 6.54 Å². The molecule has 1 rings (SSSR count). The van der Waals surface area contributed by atoms with Gasteiger partial charge in [-0.05, 0) is 13.0 Å². The largest absolute Gasteiger partial charge is 0.477 e. The van der Waals surface area contributed by atoms with E-state index in [-0.39, 0.29) is 5.57 Å². The summed E-state index contributed by atoms with van der Waals surface area (Å²) in [7, 11) is 0. The normalized spacial score (nSPS) is 11.0. The van der Waals surface area contributed by atoms with Gasteiger partial charge in [0.1, 0.15) is 11.6 Å². The molecule has 0 aliphatic heterocycles. The second-order valence-electron chi connectivity index (χ2n) is 2.58. The minimum absolute atomic E-state index is 0.291. The van der Waals surface area contributed by atoms with E-state index in [0.717, 1.165) is 0 Å². The number of imidazole rings is 1. The van der Waals surface area contributed by atoms with Crippen molar-refractivity contribution in [3.05, 3.63) is 23.8 Å². The van der Waals surface area contributed by atoms with Crippen molar-refractivity contribution in [2.75, 3.05) is 0 Å². The number of aromatic nitrogens is 2. The van der Waals surface area contributed by atoms with Crippen LogP contribution in [0, 0.1) is 11.3 Å². The molecule has 0 bridgehead atoms. The van der Waals surface area contributed by atoms with Gasteiger partial charge in [0.15, 0.2) is 0 Å². The fraction of sp³-hybridized carbons (Fsp3) is 0.222. The van der Waals surface area contributed by atoms with E-state index in [0.29, 0.717) is 12.2 Å². The Kier molecular flexibility index (Phi) is 3.02. The minimum atomic E-state index is -1.23. The summed E-state index contributed by atoms with van der Waals surface area (Å²) >= 11 is 0. The van der Waals surface area contributed by atoms with Gasteiger partial charge in [-0.3, -0.25) is 0 Å². The van der Waals surface area contributed by atoms with Crippen molar-refractivity contribution in [1.82, 2.24) is 9.55 Å². The van der Waals surface area contributed by atoms with Gasteiger partial charge in [-0.1, -0.05) is 0 Å². The maximum atomic E-state index is 10.5. The highest BCUT2D eigenvalue weighted by Crippen LogP contribution is 2.06. The number of rotatable bonds is 3. The van der Waals surface area contributed by atoms with E-state index >= 15 is 0 Å². The Hall–Kier alpha value is -2.09. The first-order chi connectivity index (χ1) is 6.69. The van der Waals surface area contributed by atoms with Crippen molar-refractivity contribution in [3.8, 4) is 6.07 Å². The molecule has 0 radical (unpaired) electrons. The zero-order chi connectivity index (χ0) is 10.6.